The highest BCUT2D eigenvalue weighted by Gasteiger charge is 2.27. The molecule has 0 saturated carbocycles. The SMILES string of the molecule is CCOC(=O)C[C@H](NC(=O)C(CC(C)C)n1ccc(C)cc1=O)c1ccnc(-c2c(C)cccc2C)c1. The summed E-state index contributed by atoms with van der Waals surface area (Å²) in [7, 11) is 0. The summed E-state index contributed by atoms with van der Waals surface area (Å²) in [5, 5.41) is 3.05. The molecule has 37 heavy (non-hydrogen) atoms. The monoisotopic (exact) mass is 503 g/mol. The third kappa shape index (κ3) is 7.15. The number of hydrogen-bond donors (Lipinski definition) is 1. The molecule has 0 fully saturated rings. The summed E-state index contributed by atoms with van der Waals surface area (Å²) in [6, 6.07) is 11.8. The van der Waals surface area contributed by atoms with Crippen molar-refractivity contribution in [2.45, 2.75) is 66.5 Å². The van der Waals surface area contributed by atoms with Crippen molar-refractivity contribution < 1.29 is 14.3 Å². The Kier molecular flexibility index (Phi) is 9.39. The Morgan fingerprint density at radius 3 is 2.38 bits per heavy atom. The van der Waals surface area contributed by atoms with Gasteiger partial charge < -0.3 is 14.6 Å². The van der Waals surface area contributed by atoms with Gasteiger partial charge in [0.15, 0.2) is 0 Å². The van der Waals surface area contributed by atoms with E-state index in [0.717, 1.165) is 33.5 Å². The number of amides is 1. The molecule has 0 bridgehead atoms. The smallest absolute Gasteiger partial charge is 0.308 e. The van der Waals surface area contributed by atoms with Crippen LogP contribution in [-0.4, -0.2) is 28.0 Å². The minimum absolute atomic E-state index is 0.0347. The Balaban J connectivity index is 2.00. The maximum absolute atomic E-state index is 13.7. The summed E-state index contributed by atoms with van der Waals surface area (Å²) in [6.45, 7) is 11.9. The maximum Gasteiger partial charge on any atom is 0.308 e. The normalized spacial score (nSPS) is 12.7. The number of carbonyl (C=O) groups excluding carboxylic acids is 2. The van der Waals surface area contributed by atoms with Crippen molar-refractivity contribution in [1.82, 2.24) is 14.9 Å². The van der Waals surface area contributed by atoms with Crippen LogP contribution >= 0.6 is 0 Å². The molecule has 196 valence electrons. The molecule has 7 heteroatoms. The highest BCUT2D eigenvalue weighted by Crippen LogP contribution is 2.29. The number of nitrogens with zero attached hydrogens (tertiary/aromatic N) is 2. The molecular formula is C30H37N3O4. The molecule has 1 unspecified atom stereocenters. The van der Waals surface area contributed by atoms with Gasteiger partial charge in [-0.15, -0.1) is 0 Å². The first-order valence-electron chi connectivity index (χ1n) is 12.8. The lowest BCUT2D eigenvalue weighted by atomic mass is 9.96. The van der Waals surface area contributed by atoms with E-state index < -0.39 is 18.1 Å². The van der Waals surface area contributed by atoms with Gasteiger partial charge in [0, 0.05) is 24.0 Å². The fourth-order valence-electron chi connectivity index (χ4n) is 4.57. The number of hydrogen-bond acceptors (Lipinski definition) is 5. The van der Waals surface area contributed by atoms with E-state index in [9.17, 15) is 14.4 Å². The first-order valence-corrected chi connectivity index (χ1v) is 12.8. The van der Waals surface area contributed by atoms with Crippen molar-refractivity contribution in [2.75, 3.05) is 6.61 Å². The van der Waals surface area contributed by atoms with E-state index in [0.29, 0.717) is 6.42 Å². The van der Waals surface area contributed by atoms with E-state index in [-0.39, 0.29) is 30.4 Å². The fraction of sp³-hybridized carbons (Fsp3) is 0.400. The molecular weight excluding hydrogens is 466 g/mol. The van der Waals surface area contributed by atoms with Crippen molar-refractivity contribution in [3.63, 3.8) is 0 Å². The Hall–Kier alpha value is -3.74. The molecule has 7 nitrogen and oxygen atoms in total. The molecule has 0 spiro atoms. The maximum atomic E-state index is 13.7. The predicted molar refractivity (Wildman–Crippen MR) is 145 cm³/mol. The second-order valence-electron chi connectivity index (χ2n) is 9.91. The van der Waals surface area contributed by atoms with Crippen LogP contribution in [0.4, 0.5) is 0 Å². The highest BCUT2D eigenvalue weighted by atomic mass is 16.5. The number of carbonyl (C=O) groups is 2. The lowest BCUT2D eigenvalue weighted by molar-refractivity contribution is -0.144. The summed E-state index contributed by atoms with van der Waals surface area (Å²) < 4.78 is 6.68. The zero-order chi connectivity index (χ0) is 27.1. The van der Waals surface area contributed by atoms with Gasteiger partial charge in [0.2, 0.25) is 5.91 Å². The number of ether oxygens (including phenoxy) is 1. The number of aromatic nitrogens is 2. The molecule has 1 amide bonds. The van der Waals surface area contributed by atoms with Crippen LogP contribution in [0.1, 0.15) is 68.0 Å². The van der Waals surface area contributed by atoms with E-state index in [1.165, 1.54) is 10.6 Å². The van der Waals surface area contributed by atoms with Crippen LogP contribution in [0.15, 0.2) is 59.7 Å². The molecule has 3 aromatic rings. The zero-order valence-electron chi connectivity index (χ0n) is 22.6. The molecule has 0 aliphatic rings. The van der Waals surface area contributed by atoms with Crippen molar-refractivity contribution >= 4 is 11.9 Å². The minimum atomic E-state index is -0.710. The van der Waals surface area contributed by atoms with Crippen LogP contribution in [0.3, 0.4) is 0 Å². The van der Waals surface area contributed by atoms with E-state index in [1.807, 2.05) is 65.0 Å². The molecule has 3 rings (SSSR count). The predicted octanol–water partition coefficient (Wildman–Crippen LogP) is 5.23. The number of rotatable bonds is 10. The van der Waals surface area contributed by atoms with Gasteiger partial charge >= 0.3 is 5.97 Å². The van der Waals surface area contributed by atoms with Gasteiger partial charge in [0.1, 0.15) is 6.04 Å². The number of pyridine rings is 2. The lowest BCUT2D eigenvalue weighted by Gasteiger charge is -2.25. The summed E-state index contributed by atoms with van der Waals surface area (Å²) in [4.78, 5) is 43.5. The van der Waals surface area contributed by atoms with Crippen molar-refractivity contribution in [2.24, 2.45) is 5.92 Å². The van der Waals surface area contributed by atoms with Gasteiger partial charge in [0.25, 0.3) is 5.56 Å². The molecule has 1 N–H and O–H groups in total. The molecule has 0 aliphatic heterocycles. The Morgan fingerprint density at radius 2 is 1.76 bits per heavy atom. The van der Waals surface area contributed by atoms with E-state index >= 15 is 0 Å². The van der Waals surface area contributed by atoms with E-state index in [4.69, 9.17) is 4.74 Å². The molecule has 0 aliphatic carbocycles. The van der Waals surface area contributed by atoms with Crippen molar-refractivity contribution in [1.29, 1.82) is 0 Å². The van der Waals surface area contributed by atoms with Gasteiger partial charge in [-0.2, -0.15) is 0 Å². The first kappa shape index (κ1) is 27.8. The van der Waals surface area contributed by atoms with Crippen LogP contribution in [0.2, 0.25) is 0 Å². The average Bonchev–Trinajstić information content (AvgIpc) is 2.82. The number of benzene rings is 1. The largest absolute Gasteiger partial charge is 0.466 e. The van der Waals surface area contributed by atoms with Crippen LogP contribution in [0.25, 0.3) is 11.3 Å². The van der Waals surface area contributed by atoms with Gasteiger partial charge in [0.05, 0.1) is 24.8 Å². The van der Waals surface area contributed by atoms with Gasteiger partial charge in [-0.1, -0.05) is 32.0 Å². The second-order valence-corrected chi connectivity index (χ2v) is 9.91. The quantitative estimate of drug-likeness (QED) is 0.383. The van der Waals surface area contributed by atoms with E-state index in [1.54, 1.807) is 25.4 Å². The van der Waals surface area contributed by atoms with E-state index in [2.05, 4.69) is 10.3 Å². The van der Waals surface area contributed by atoms with Gasteiger partial charge in [-0.25, -0.2) is 0 Å². The summed E-state index contributed by atoms with van der Waals surface area (Å²) in [5.74, 6) is -0.561. The van der Waals surface area contributed by atoms with Crippen LogP contribution < -0.4 is 10.9 Å². The van der Waals surface area contributed by atoms with Crippen molar-refractivity contribution in [3.8, 4) is 11.3 Å². The third-order valence-corrected chi connectivity index (χ3v) is 6.35. The molecule has 2 aromatic heterocycles. The zero-order valence-corrected chi connectivity index (χ0v) is 22.6. The molecule has 1 aromatic carbocycles. The number of nitrogens with one attached hydrogen (secondary N) is 1. The number of aryl methyl sites for hydroxylation is 3. The summed E-state index contributed by atoms with van der Waals surface area (Å²) in [5.41, 5.74) is 5.32. The topological polar surface area (TPSA) is 90.3 Å². The fourth-order valence-corrected chi connectivity index (χ4v) is 4.57. The molecule has 0 radical (unpaired) electrons. The molecule has 2 atom stereocenters. The molecule has 0 saturated heterocycles. The summed E-state index contributed by atoms with van der Waals surface area (Å²) in [6.07, 6.45) is 3.80. The van der Waals surface area contributed by atoms with Crippen LogP contribution in [0, 0.1) is 26.7 Å². The lowest BCUT2D eigenvalue weighted by Crippen LogP contribution is -2.40. The Bertz CT molecular complexity index is 1290. The third-order valence-electron chi connectivity index (χ3n) is 6.35. The molecule has 2 heterocycles. The van der Waals surface area contributed by atoms with Gasteiger partial charge in [-0.05, 0) is 80.5 Å². The minimum Gasteiger partial charge on any atom is -0.466 e. The highest BCUT2D eigenvalue weighted by molar-refractivity contribution is 5.82. The Labute approximate surface area is 218 Å². The van der Waals surface area contributed by atoms with Gasteiger partial charge in [-0.3, -0.25) is 19.4 Å². The van der Waals surface area contributed by atoms with Crippen LogP contribution in [0.5, 0.6) is 0 Å². The summed E-state index contributed by atoms with van der Waals surface area (Å²) >= 11 is 0. The second kappa shape index (κ2) is 12.5. The Morgan fingerprint density at radius 1 is 1.05 bits per heavy atom. The van der Waals surface area contributed by atoms with Crippen molar-refractivity contribution in [3.05, 3.63) is 87.5 Å². The first-order chi connectivity index (χ1) is 17.6. The average molecular weight is 504 g/mol. The number of esters is 1. The standard InChI is InChI=1S/C30H37N3O4/c1-7-37-28(35)18-24(23-11-13-31-25(17-23)29-21(5)9-8-10-22(29)6)32-30(36)26(15-19(2)3)33-14-12-20(4)16-27(33)34/h8-14,16-17,19,24,26H,7,15,18H2,1-6H3,(H,32,36)/t24-,26?/m0/s1. The van der Waals surface area contributed by atoms with Crippen LogP contribution in [-0.2, 0) is 14.3 Å².